The zero-order valence-corrected chi connectivity index (χ0v) is 17.9. The molecule has 3 aromatic rings. The van der Waals surface area contributed by atoms with Crippen LogP contribution in [0.2, 0.25) is 0 Å². The Bertz CT molecular complexity index is 1090. The molecule has 0 amide bonds. The van der Waals surface area contributed by atoms with Gasteiger partial charge in [0.25, 0.3) is 0 Å². The zero-order valence-electron chi connectivity index (χ0n) is 17.0. The average molecular weight is 453 g/mol. The summed E-state index contributed by atoms with van der Waals surface area (Å²) in [6, 6.07) is 2.37. The van der Waals surface area contributed by atoms with E-state index in [0.717, 1.165) is 53.0 Å². The molecule has 0 bridgehead atoms. The summed E-state index contributed by atoms with van der Waals surface area (Å²) in [5.74, 6) is 0.652. The lowest BCUT2D eigenvalue weighted by Crippen LogP contribution is -2.36. The lowest BCUT2D eigenvalue weighted by Gasteiger charge is -2.29. The van der Waals surface area contributed by atoms with Crippen molar-refractivity contribution in [2.75, 3.05) is 29.9 Å². The summed E-state index contributed by atoms with van der Waals surface area (Å²) in [5.41, 5.74) is 0. The van der Waals surface area contributed by atoms with Crippen molar-refractivity contribution in [3.05, 3.63) is 22.6 Å². The summed E-state index contributed by atoms with van der Waals surface area (Å²) in [4.78, 5) is 13.6. The highest BCUT2D eigenvalue weighted by atomic mass is 32.1. The summed E-state index contributed by atoms with van der Waals surface area (Å²) in [6.45, 7) is 4.71. The van der Waals surface area contributed by atoms with Gasteiger partial charge in [-0.25, -0.2) is 4.98 Å². The van der Waals surface area contributed by atoms with E-state index in [0.29, 0.717) is 18.3 Å². The molecule has 8 nitrogen and oxygen atoms in total. The Balaban J connectivity index is 1.51. The predicted octanol–water partition coefficient (Wildman–Crippen LogP) is 3.05. The minimum atomic E-state index is -4.51. The van der Waals surface area contributed by atoms with E-state index in [4.69, 9.17) is 9.97 Å². The third kappa shape index (κ3) is 3.93. The van der Waals surface area contributed by atoms with Crippen LogP contribution in [0.1, 0.15) is 36.3 Å². The normalized spacial score (nSPS) is 19.2. The van der Waals surface area contributed by atoms with Gasteiger partial charge in [0.1, 0.15) is 10.6 Å². The van der Waals surface area contributed by atoms with E-state index in [1.54, 1.807) is 11.3 Å². The maximum Gasteiger partial charge on any atom is 0.451 e. The van der Waals surface area contributed by atoms with E-state index >= 15 is 0 Å². The number of aromatic nitrogens is 5. The molecule has 1 saturated heterocycles. The van der Waals surface area contributed by atoms with Gasteiger partial charge in [-0.15, -0.1) is 21.5 Å². The molecule has 0 aliphatic carbocycles. The smallest absolute Gasteiger partial charge is 0.350 e. The minimum Gasteiger partial charge on any atom is -0.350 e. The van der Waals surface area contributed by atoms with Crippen LogP contribution in [0, 0.1) is 0 Å². The van der Waals surface area contributed by atoms with Crippen molar-refractivity contribution in [1.29, 1.82) is 0 Å². The molecule has 0 aromatic carbocycles. The number of aryl methyl sites for hydroxylation is 1. The number of thiophene rings is 1. The number of nitrogens with one attached hydrogen (secondary N) is 2. The summed E-state index contributed by atoms with van der Waals surface area (Å²) >= 11 is 1.65. The Hall–Kier alpha value is -2.47. The zero-order chi connectivity index (χ0) is 21.6. The summed E-state index contributed by atoms with van der Waals surface area (Å²) in [5, 5.41) is 14.9. The first kappa shape index (κ1) is 20.4. The summed E-state index contributed by atoms with van der Waals surface area (Å²) in [7, 11) is 0. The second-order valence-electron chi connectivity index (χ2n) is 7.90. The average Bonchev–Trinajstić information content (AvgIpc) is 3.45. The lowest BCUT2D eigenvalue weighted by molar-refractivity contribution is -0.147. The van der Waals surface area contributed by atoms with Crippen LogP contribution in [-0.2, 0) is 25.7 Å². The van der Waals surface area contributed by atoms with Crippen LogP contribution in [0.25, 0.3) is 10.2 Å². The minimum absolute atomic E-state index is 0.157. The molecule has 1 fully saturated rings. The molecule has 166 valence electrons. The fourth-order valence-electron chi connectivity index (χ4n) is 4.14. The molecular weight excluding hydrogens is 429 g/mol. The van der Waals surface area contributed by atoms with Gasteiger partial charge < -0.3 is 20.1 Å². The van der Waals surface area contributed by atoms with Crippen molar-refractivity contribution in [2.45, 2.75) is 51.5 Å². The van der Waals surface area contributed by atoms with Crippen molar-refractivity contribution in [3.8, 4) is 0 Å². The first-order valence-corrected chi connectivity index (χ1v) is 11.3. The van der Waals surface area contributed by atoms with E-state index in [2.05, 4.69) is 33.8 Å². The highest BCUT2D eigenvalue weighted by Crippen LogP contribution is 2.35. The van der Waals surface area contributed by atoms with Crippen molar-refractivity contribution >= 4 is 33.3 Å². The number of halogens is 3. The quantitative estimate of drug-likeness (QED) is 0.616. The van der Waals surface area contributed by atoms with Gasteiger partial charge in [-0.2, -0.15) is 18.2 Å². The van der Waals surface area contributed by atoms with Gasteiger partial charge in [-0.3, -0.25) is 0 Å². The molecule has 0 saturated carbocycles. The maximum absolute atomic E-state index is 13.2. The van der Waals surface area contributed by atoms with Gasteiger partial charge in [0, 0.05) is 30.6 Å². The SMILES string of the molecule is CCCc1cc2c(N3CCn4c(nnc4C(F)(F)F)C3)nc(N[C@@H]3CCNC3)nc2s1. The Labute approximate surface area is 180 Å². The van der Waals surface area contributed by atoms with E-state index in [9.17, 15) is 13.2 Å². The monoisotopic (exact) mass is 452 g/mol. The van der Waals surface area contributed by atoms with Crippen LogP contribution in [0.3, 0.4) is 0 Å². The number of rotatable bonds is 5. The van der Waals surface area contributed by atoms with Crippen LogP contribution < -0.4 is 15.5 Å². The maximum atomic E-state index is 13.2. The first-order valence-electron chi connectivity index (χ1n) is 10.4. The van der Waals surface area contributed by atoms with Crippen LogP contribution in [0.5, 0.6) is 0 Å². The van der Waals surface area contributed by atoms with Crippen LogP contribution in [0.15, 0.2) is 6.07 Å². The van der Waals surface area contributed by atoms with Crippen LogP contribution in [0.4, 0.5) is 24.9 Å². The number of hydrogen-bond donors (Lipinski definition) is 2. The van der Waals surface area contributed by atoms with Gasteiger partial charge in [0.2, 0.25) is 11.8 Å². The molecule has 0 radical (unpaired) electrons. The van der Waals surface area contributed by atoms with Gasteiger partial charge in [0.15, 0.2) is 5.82 Å². The molecule has 2 aliphatic rings. The van der Waals surface area contributed by atoms with Crippen molar-refractivity contribution in [3.63, 3.8) is 0 Å². The van der Waals surface area contributed by atoms with Crippen molar-refractivity contribution < 1.29 is 13.2 Å². The van der Waals surface area contributed by atoms with Crippen LogP contribution >= 0.6 is 11.3 Å². The van der Waals surface area contributed by atoms with Gasteiger partial charge in [0.05, 0.1) is 11.9 Å². The summed E-state index contributed by atoms with van der Waals surface area (Å²) < 4.78 is 40.7. The van der Waals surface area contributed by atoms with Crippen molar-refractivity contribution in [1.82, 2.24) is 30.0 Å². The molecule has 0 unspecified atom stereocenters. The second-order valence-corrected chi connectivity index (χ2v) is 9.01. The van der Waals surface area contributed by atoms with Crippen LogP contribution in [-0.4, -0.2) is 50.4 Å². The van der Waals surface area contributed by atoms with Gasteiger partial charge >= 0.3 is 6.18 Å². The number of nitrogens with zero attached hydrogens (tertiary/aromatic N) is 6. The standard InChI is InChI=1S/C19H23F3N8S/c1-2-3-12-8-13-15(25-18(26-16(13)31-12)24-11-4-5-23-9-11)29-6-7-30-14(10-29)27-28-17(30)19(20,21)22/h8,11,23H,2-7,9-10H2,1H3,(H,24,25,26)/t11-/m1/s1. The molecule has 0 spiro atoms. The molecule has 31 heavy (non-hydrogen) atoms. The number of alkyl halides is 3. The third-order valence-corrected chi connectivity index (χ3v) is 6.71. The molecule has 12 heteroatoms. The third-order valence-electron chi connectivity index (χ3n) is 5.62. The lowest BCUT2D eigenvalue weighted by atomic mass is 10.2. The molecule has 5 heterocycles. The van der Waals surface area contributed by atoms with Gasteiger partial charge in [-0.05, 0) is 25.5 Å². The number of anilines is 2. The van der Waals surface area contributed by atoms with E-state index < -0.39 is 12.0 Å². The second kappa shape index (κ2) is 7.90. The first-order chi connectivity index (χ1) is 14.9. The fraction of sp³-hybridized carbons (Fsp3) is 0.579. The Morgan fingerprint density at radius 1 is 1.26 bits per heavy atom. The molecule has 5 rings (SSSR count). The fourth-order valence-corrected chi connectivity index (χ4v) is 5.26. The van der Waals surface area contributed by atoms with Crippen molar-refractivity contribution in [2.24, 2.45) is 0 Å². The largest absolute Gasteiger partial charge is 0.451 e. The number of hydrogen-bond acceptors (Lipinski definition) is 8. The molecular formula is C19H23F3N8S. The Morgan fingerprint density at radius 3 is 2.87 bits per heavy atom. The van der Waals surface area contributed by atoms with E-state index in [1.807, 2.05) is 4.90 Å². The molecule has 2 aliphatic heterocycles. The molecule has 3 aromatic heterocycles. The van der Waals surface area contributed by atoms with Gasteiger partial charge in [-0.1, -0.05) is 13.3 Å². The number of fused-ring (bicyclic) bond motifs is 2. The highest BCUT2D eigenvalue weighted by Gasteiger charge is 2.39. The predicted molar refractivity (Wildman–Crippen MR) is 112 cm³/mol. The molecule has 2 N–H and O–H groups in total. The Kier molecular flexibility index (Phi) is 5.21. The summed E-state index contributed by atoms with van der Waals surface area (Å²) in [6.07, 6.45) is -1.53. The highest BCUT2D eigenvalue weighted by molar-refractivity contribution is 7.18. The topological polar surface area (TPSA) is 83.8 Å². The van der Waals surface area contributed by atoms with E-state index in [-0.39, 0.29) is 19.1 Å². The van der Waals surface area contributed by atoms with E-state index in [1.165, 1.54) is 4.88 Å². The Morgan fingerprint density at radius 2 is 2.13 bits per heavy atom. The molecule has 1 atom stereocenters.